The second kappa shape index (κ2) is 11.1. The first kappa shape index (κ1) is 18.8. The number of aryl methyl sites for hydroxylation is 1. The number of hydrogen-bond donors (Lipinski definition) is 1. The summed E-state index contributed by atoms with van der Waals surface area (Å²) in [5, 5.41) is 2.76. The van der Waals surface area contributed by atoms with E-state index in [1.165, 1.54) is 5.56 Å². The lowest BCUT2D eigenvalue weighted by Gasteiger charge is -2.08. The summed E-state index contributed by atoms with van der Waals surface area (Å²) in [5.41, 5.74) is 2.32. The molecule has 2 rings (SSSR count). The van der Waals surface area contributed by atoms with E-state index >= 15 is 0 Å². The van der Waals surface area contributed by atoms with Crippen molar-refractivity contribution in [1.82, 2.24) is 5.32 Å². The highest BCUT2D eigenvalue weighted by Crippen LogP contribution is 2.13. The fraction of sp³-hybridized carbons (Fsp3) is 0.381. The van der Waals surface area contributed by atoms with Crippen molar-refractivity contribution in [2.45, 2.75) is 39.2 Å². The third kappa shape index (κ3) is 7.75. The van der Waals surface area contributed by atoms with Crippen molar-refractivity contribution in [3.05, 3.63) is 65.7 Å². The van der Waals surface area contributed by atoms with Crippen LogP contribution in [0.2, 0.25) is 0 Å². The van der Waals surface area contributed by atoms with E-state index in [0.717, 1.165) is 37.0 Å². The topological polar surface area (TPSA) is 47.6 Å². The molecule has 0 aliphatic heterocycles. The maximum Gasteiger partial charge on any atom is 0.407 e. The normalized spacial score (nSPS) is 10.3. The van der Waals surface area contributed by atoms with Crippen molar-refractivity contribution in [3.8, 4) is 5.75 Å². The van der Waals surface area contributed by atoms with Crippen molar-refractivity contribution in [1.29, 1.82) is 0 Å². The number of unbranched alkanes of at least 4 members (excludes halogenated alkanes) is 1. The Balaban J connectivity index is 1.50. The van der Waals surface area contributed by atoms with Crippen molar-refractivity contribution in [3.63, 3.8) is 0 Å². The van der Waals surface area contributed by atoms with Crippen LogP contribution in [0.25, 0.3) is 0 Å². The third-order valence-corrected chi connectivity index (χ3v) is 3.78. The quantitative estimate of drug-likeness (QED) is 0.636. The summed E-state index contributed by atoms with van der Waals surface area (Å²) in [6, 6.07) is 17.9. The second-order valence-electron chi connectivity index (χ2n) is 5.94. The van der Waals surface area contributed by atoms with E-state index in [0.29, 0.717) is 19.8 Å². The van der Waals surface area contributed by atoms with Gasteiger partial charge in [0.2, 0.25) is 0 Å². The van der Waals surface area contributed by atoms with Crippen LogP contribution in [-0.2, 0) is 17.8 Å². The molecule has 0 unspecified atom stereocenters. The fourth-order valence-electron chi connectivity index (χ4n) is 2.42. The van der Waals surface area contributed by atoms with Crippen LogP contribution < -0.4 is 10.1 Å². The molecule has 0 aromatic heterocycles. The molecule has 0 heterocycles. The zero-order valence-corrected chi connectivity index (χ0v) is 14.9. The van der Waals surface area contributed by atoms with E-state index in [1.807, 2.05) is 42.5 Å². The van der Waals surface area contributed by atoms with Gasteiger partial charge in [-0.2, -0.15) is 0 Å². The maximum atomic E-state index is 11.6. The minimum atomic E-state index is -0.378. The number of carbonyl (C=O) groups excluding carboxylic acids is 1. The van der Waals surface area contributed by atoms with Gasteiger partial charge in [-0.1, -0.05) is 55.8 Å². The van der Waals surface area contributed by atoms with E-state index < -0.39 is 0 Å². The first-order chi connectivity index (χ1) is 12.3. The number of ether oxygens (including phenoxy) is 2. The van der Waals surface area contributed by atoms with Crippen molar-refractivity contribution >= 4 is 6.09 Å². The minimum absolute atomic E-state index is 0.295. The van der Waals surface area contributed by atoms with Crippen LogP contribution in [0.3, 0.4) is 0 Å². The van der Waals surface area contributed by atoms with Gasteiger partial charge in [0, 0.05) is 6.54 Å². The Morgan fingerprint density at radius 2 is 1.72 bits per heavy atom. The summed E-state index contributed by atoms with van der Waals surface area (Å²) in [5.74, 6) is 0.898. The largest absolute Gasteiger partial charge is 0.494 e. The Hall–Kier alpha value is -2.49. The van der Waals surface area contributed by atoms with Crippen LogP contribution >= 0.6 is 0 Å². The molecule has 0 bridgehead atoms. The lowest BCUT2D eigenvalue weighted by atomic mass is 10.1. The molecule has 0 fully saturated rings. The number of carbonyl (C=O) groups is 1. The summed E-state index contributed by atoms with van der Waals surface area (Å²) in [4.78, 5) is 11.6. The molecule has 134 valence electrons. The minimum Gasteiger partial charge on any atom is -0.494 e. The first-order valence-electron chi connectivity index (χ1n) is 8.94. The third-order valence-electron chi connectivity index (χ3n) is 3.78. The number of nitrogens with one attached hydrogen (secondary N) is 1. The number of rotatable bonds is 10. The SMILES string of the molecule is CCCc1ccc(OCCCCNC(=O)OCc2ccccc2)cc1. The summed E-state index contributed by atoms with van der Waals surface area (Å²) in [6.07, 6.45) is 3.62. The zero-order chi connectivity index (χ0) is 17.7. The predicted octanol–water partition coefficient (Wildman–Crippen LogP) is 4.72. The maximum absolute atomic E-state index is 11.6. The van der Waals surface area contributed by atoms with Crippen molar-refractivity contribution in [2.75, 3.05) is 13.2 Å². The summed E-state index contributed by atoms with van der Waals surface area (Å²) in [7, 11) is 0. The molecule has 4 heteroatoms. The number of benzene rings is 2. The highest BCUT2D eigenvalue weighted by atomic mass is 16.5. The van der Waals surface area contributed by atoms with Gasteiger partial charge in [-0.3, -0.25) is 0 Å². The smallest absolute Gasteiger partial charge is 0.407 e. The highest BCUT2D eigenvalue weighted by molar-refractivity contribution is 5.67. The lowest BCUT2D eigenvalue weighted by Crippen LogP contribution is -2.25. The molecule has 0 aliphatic carbocycles. The van der Waals surface area contributed by atoms with Crippen LogP contribution in [0.15, 0.2) is 54.6 Å². The molecule has 0 aliphatic rings. The van der Waals surface area contributed by atoms with E-state index in [1.54, 1.807) is 0 Å². The average molecular weight is 341 g/mol. The van der Waals surface area contributed by atoms with Crippen LogP contribution in [0.5, 0.6) is 5.75 Å². The molecule has 25 heavy (non-hydrogen) atoms. The van der Waals surface area contributed by atoms with Gasteiger partial charge in [-0.05, 0) is 42.5 Å². The van der Waals surface area contributed by atoms with Crippen molar-refractivity contribution in [2.24, 2.45) is 0 Å². The summed E-state index contributed by atoms with van der Waals surface area (Å²) < 4.78 is 10.9. The van der Waals surface area contributed by atoms with Gasteiger partial charge in [0.15, 0.2) is 0 Å². The number of hydrogen-bond acceptors (Lipinski definition) is 3. The molecule has 1 amide bonds. The molecule has 2 aromatic carbocycles. The predicted molar refractivity (Wildman–Crippen MR) is 99.8 cm³/mol. The highest BCUT2D eigenvalue weighted by Gasteiger charge is 2.02. The summed E-state index contributed by atoms with van der Waals surface area (Å²) >= 11 is 0. The van der Waals surface area contributed by atoms with Gasteiger partial charge in [0.25, 0.3) is 0 Å². The second-order valence-corrected chi connectivity index (χ2v) is 5.94. The molecule has 0 atom stereocenters. The van der Waals surface area contributed by atoms with Crippen LogP contribution in [-0.4, -0.2) is 19.2 Å². The summed E-state index contributed by atoms with van der Waals surface area (Å²) in [6.45, 7) is 3.71. The Kier molecular flexibility index (Phi) is 8.39. The van der Waals surface area contributed by atoms with Gasteiger partial charge < -0.3 is 14.8 Å². The van der Waals surface area contributed by atoms with Crippen LogP contribution in [0.1, 0.15) is 37.3 Å². The Morgan fingerprint density at radius 1 is 0.960 bits per heavy atom. The molecule has 0 radical (unpaired) electrons. The molecule has 2 aromatic rings. The Bertz CT molecular complexity index is 611. The number of amides is 1. The molecule has 0 saturated heterocycles. The molecular weight excluding hydrogens is 314 g/mol. The van der Waals surface area contributed by atoms with E-state index in [-0.39, 0.29) is 6.09 Å². The van der Waals surface area contributed by atoms with Crippen LogP contribution in [0.4, 0.5) is 4.79 Å². The van der Waals surface area contributed by atoms with Crippen LogP contribution in [0, 0.1) is 0 Å². The van der Waals surface area contributed by atoms with Gasteiger partial charge in [-0.15, -0.1) is 0 Å². The lowest BCUT2D eigenvalue weighted by molar-refractivity contribution is 0.139. The molecule has 4 nitrogen and oxygen atoms in total. The molecular formula is C21H27NO3. The van der Waals surface area contributed by atoms with Gasteiger partial charge in [-0.25, -0.2) is 4.79 Å². The monoisotopic (exact) mass is 341 g/mol. The fourth-order valence-corrected chi connectivity index (χ4v) is 2.42. The van der Waals surface area contributed by atoms with Gasteiger partial charge in [0.05, 0.1) is 6.61 Å². The first-order valence-corrected chi connectivity index (χ1v) is 8.94. The standard InChI is InChI=1S/C21H27NO3/c1-2-8-18-11-13-20(14-12-18)24-16-7-6-15-22-21(23)25-17-19-9-4-3-5-10-19/h3-5,9-14H,2,6-8,15-17H2,1H3,(H,22,23). The average Bonchev–Trinajstić information content (AvgIpc) is 2.65. The Morgan fingerprint density at radius 3 is 2.44 bits per heavy atom. The van der Waals surface area contributed by atoms with Gasteiger partial charge in [0.1, 0.15) is 12.4 Å². The van der Waals surface area contributed by atoms with E-state index in [4.69, 9.17) is 9.47 Å². The molecule has 1 N–H and O–H groups in total. The molecule has 0 spiro atoms. The number of alkyl carbamates (subject to hydrolysis) is 1. The molecule has 0 saturated carbocycles. The zero-order valence-electron chi connectivity index (χ0n) is 14.9. The van der Waals surface area contributed by atoms with Crippen molar-refractivity contribution < 1.29 is 14.3 Å². The Labute approximate surface area is 150 Å². The van der Waals surface area contributed by atoms with Gasteiger partial charge >= 0.3 is 6.09 Å². The van der Waals surface area contributed by atoms with E-state index in [2.05, 4.69) is 24.4 Å². The van der Waals surface area contributed by atoms with E-state index in [9.17, 15) is 4.79 Å².